The zero-order valence-corrected chi connectivity index (χ0v) is 38.4. The van der Waals surface area contributed by atoms with Gasteiger partial charge in [-0.3, -0.25) is 15.7 Å². The molecule has 3 rings (SSSR count). The second kappa shape index (κ2) is 24.7. The zero-order valence-electron chi connectivity index (χ0n) is 19.7. The molecule has 1 N–H and O–H groups in total. The standard InChI is InChI=1S/C20H22N3O2S.3K.3Y/c1-14(2)10-19(24)23-9-3-4-17(23)20(25)22-11-15-5-7-16(8-6-15)18-12-21-13-26-18;;;;;;/h5,7-8,11,13-14,17H,3-4,9-10H2,1-2H3,(H,22,25);;;;;;/q-3;;;;;;. The molecule has 0 spiro atoms. The molecule has 1 atom stereocenters. The SMILES string of the molecule is CC(C)CC(=O)N1CCCC1C(=O)N[CH-]c1[c-]cc(-c2[c-]ncs2)cc1.[K].[K].[K].[Y].[Y].[Y]. The Morgan fingerprint density at radius 2 is 1.94 bits per heavy atom. The number of benzene rings is 1. The van der Waals surface area contributed by atoms with Crippen LogP contribution >= 0.6 is 11.3 Å². The van der Waals surface area contributed by atoms with Gasteiger partial charge in [0.25, 0.3) is 0 Å². The molecule has 1 aliphatic rings. The summed E-state index contributed by atoms with van der Waals surface area (Å²) >= 11 is 1.52. The molecule has 1 aliphatic heterocycles. The first-order valence-electron chi connectivity index (χ1n) is 8.81. The van der Waals surface area contributed by atoms with Crippen molar-refractivity contribution in [2.24, 2.45) is 5.92 Å². The van der Waals surface area contributed by atoms with Crippen LogP contribution in [0, 0.1) is 24.7 Å². The summed E-state index contributed by atoms with van der Waals surface area (Å²) in [6.07, 6.45) is 4.99. The first-order chi connectivity index (χ1) is 12.5. The van der Waals surface area contributed by atoms with Gasteiger partial charge in [-0.15, -0.1) is 0 Å². The van der Waals surface area contributed by atoms with Gasteiger partial charge in [0.05, 0.1) is 0 Å². The van der Waals surface area contributed by atoms with E-state index in [0.717, 1.165) is 22.4 Å². The van der Waals surface area contributed by atoms with Gasteiger partial charge in [0.2, 0.25) is 11.8 Å². The number of hydrogen-bond donors (Lipinski definition) is 1. The molecule has 1 unspecified atom stereocenters. The van der Waals surface area contributed by atoms with Crippen LogP contribution in [0.15, 0.2) is 23.7 Å². The summed E-state index contributed by atoms with van der Waals surface area (Å²) in [5, 5.41) is 2.83. The smallest absolute Gasteiger partial charge is 0.225 e. The Hall–Kier alpha value is 5.88. The number of aromatic nitrogens is 1. The van der Waals surface area contributed by atoms with E-state index in [1.54, 1.807) is 17.0 Å². The quantitative estimate of drug-likeness (QED) is 0.363. The summed E-state index contributed by atoms with van der Waals surface area (Å²) in [6.45, 7) is 6.34. The topological polar surface area (TPSA) is 62.3 Å². The van der Waals surface area contributed by atoms with Crippen molar-refractivity contribution in [1.29, 1.82) is 0 Å². The average molecular weight is 752 g/mol. The van der Waals surface area contributed by atoms with E-state index in [2.05, 4.69) is 22.6 Å². The Kier molecular flexibility index (Phi) is 34.6. The summed E-state index contributed by atoms with van der Waals surface area (Å²) < 4.78 is 0. The van der Waals surface area contributed by atoms with Crippen molar-refractivity contribution in [2.45, 2.75) is 39.2 Å². The molecule has 0 bridgehead atoms. The Labute approximate surface area is 399 Å². The maximum absolute atomic E-state index is 12.5. The number of rotatable bonds is 6. The molecule has 1 aromatic heterocycles. The third-order valence-corrected chi connectivity index (χ3v) is 5.09. The van der Waals surface area contributed by atoms with Crippen LogP contribution < -0.4 is 5.32 Å². The van der Waals surface area contributed by atoms with Crippen LogP contribution in [0.4, 0.5) is 0 Å². The van der Waals surface area contributed by atoms with Gasteiger partial charge in [0.1, 0.15) is 6.04 Å². The largest absolute Gasteiger partial charge is 0.436 e. The van der Waals surface area contributed by atoms with Gasteiger partial charge < -0.3 is 26.8 Å². The minimum absolute atomic E-state index is 0. The monoisotopic (exact) mass is 752 g/mol. The van der Waals surface area contributed by atoms with Crippen LogP contribution in [0.25, 0.3) is 10.4 Å². The van der Waals surface area contributed by atoms with Crippen LogP contribution in [0.1, 0.15) is 38.7 Å². The normalized spacial score (nSPS) is 13.6. The van der Waals surface area contributed by atoms with Gasteiger partial charge in [0, 0.05) is 265 Å². The van der Waals surface area contributed by atoms with E-state index in [0.29, 0.717) is 25.3 Å². The van der Waals surface area contributed by atoms with Gasteiger partial charge >= 0.3 is 0 Å². The zero-order chi connectivity index (χ0) is 18.5. The predicted molar refractivity (Wildman–Crippen MR) is 118 cm³/mol. The fourth-order valence-corrected chi connectivity index (χ4v) is 3.62. The number of carbonyl (C=O) groups is 2. The van der Waals surface area contributed by atoms with Crippen molar-refractivity contribution in [3.8, 4) is 10.4 Å². The van der Waals surface area contributed by atoms with E-state index in [-0.39, 0.29) is 270 Å². The van der Waals surface area contributed by atoms with E-state index in [1.807, 2.05) is 32.0 Å². The minimum atomic E-state index is -0.372. The summed E-state index contributed by atoms with van der Waals surface area (Å²) in [5.74, 6) is 0.226. The number of nitrogens with one attached hydrogen (secondary N) is 1. The number of carbonyl (C=O) groups excluding carboxylic acids is 2. The fourth-order valence-electron chi connectivity index (χ4n) is 3.04. The summed E-state index contributed by atoms with van der Waals surface area (Å²) in [7, 11) is 0. The second-order valence-electron chi connectivity index (χ2n) is 6.82. The van der Waals surface area contributed by atoms with Crippen LogP contribution in [0.3, 0.4) is 0 Å². The first-order valence-corrected chi connectivity index (χ1v) is 9.69. The number of likely N-dealkylation sites (tertiary alicyclic amines) is 1. The number of hydrogen-bond acceptors (Lipinski definition) is 4. The molecule has 1 saturated heterocycles. The maximum atomic E-state index is 12.5. The molecule has 6 radical (unpaired) electrons. The van der Waals surface area contributed by atoms with E-state index < -0.39 is 0 Å². The van der Waals surface area contributed by atoms with Crippen LogP contribution in [0.2, 0.25) is 0 Å². The molecule has 1 aromatic carbocycles. The van der Waals surface area contributed by atoms with Crippen molar-refractivity contribution in [2.75, 3.05) is 6.54 Å². The molecule has 0 saturated carbocycles. The van der Waals surface area contributed by atoms with Gasteiger partial charge in [-0.25, -0.2) is 30.0 Å². The summed E-state index contributed by atoms with van der Waals surface area (Å²) in [5.41, 5.74) is 3.52. The molecule has 32 heavy (non-hydrogen) atoms. The van der Waals surface area contributed by atoms with Crippen molar-refractivity contribution < 1.29 is 108 Å². The summed E-state index contributed by atoms with van der Waals surface area (Å²) in [6, 6.07) is 8.46. The summed E-state index contributed by atoms with van der Waals surface area (Å²) in [4.78, 5) is 31.5. The van der Waals surface area contributed by atoms with Crippen LogP contribution in [0.5, 0.6) is 0 Å². The maximum Gasteiger partial charge on any atom is 0.225 e. The van der Waals surface area contributed by atoms with Gasteiger partial charge in [0.15, 0.2) is 0 Å². The Morgan fingerprint density at radius 1 is 1.25 bits per heavy atom. The van der Waals surface area contributed by atoms with Crippen molar-refractivity contribution >= 4 is 177 Å². The number of thiazole rings is 1. The third kappa shape index (κ3) is 15.0. The molecule has 2 aromatic rings. The Balaban J connectivity index is -0.000000653. The molecular weight excluding hydrogens is 730 g/mol. The first kappa shape index (κ1) is 44.9. The minimum Gasteiger partial charge on any atom is -0.436 e. The molecular formula is C20H22K3N3O2SY3-3. The molecule has 12 heteroatoms. The Bertz CT molecular complexity index is 769. The van der Waals surface area contributed by atoms with Crippen LogP contribution in [-0.2, 0) is 108 Å². The number of nitrogens with zero attached hydrogens (tertiary/aromatic N) is 2. The molecule has 0 aliphatic carbocycles. The van der Waals surface area contributed by atoms with Crippen molar-refractivity contribution in [3.05, 3.63) is 48.1 Å². The van der Waals surface area contributed by atoms with Crippen molar-refractivity contribution in [1.82, 2.24) is 15.2 Å². The molecule has 5 nitrogen and oxygen atoms in total. The number of amides is 2. The third-order valence-electron chi connectivity index (χ3n) is 4.32. The molecule has 1 fully saturated rings. The van der Waals surface area contributed by atoms with E-state index in [9.17, 15) is 9.59 Å². The predicted octanol–water partition coefficient (Wildman–Crippen LogP) is 1.92. The average Bonchev–Trinajstić information content (AvgIpc) is 3.31. The molecule has 150 valence electrons. The van der Waals surface area contributed by atoms with E-state index in [1.165, 1.54) is 11.3 Å². The second-order valence-corrected chi connectivity index (χ2v) is 7.68. The van der Waals surface area contributed by atoms with Gasteiger partial charge in [-0.1, -0.05) is 24.9 Å². The van der Waals surface area contributed by atoms with Crippen LogP contribution in [-0.4, -0.2) is 188 Å². The van der Waals surface area contributed by atoms with Crippen molar-refractivity contribution in [3.63, 3.8) is 0 Å². The van der Waals surface area contributed by atoms with E-state index in [4.69, 9.17) is 0 Å². The molecule has 2 amide bonds. The molecule has 2 heterocycles. The fraction of sp³-hybridized carbons (Fsp3) is 0.400. The van der Waals surface area contributed by atoms with Gasteiger partial charge in [-0.2, -0.15) is 5.56 Å². The van der Waals surface area contributed by atoms with Gasteiger partial charge in [-0.05, 0) is 24.3 Å². The Morgan fingerprint density at radius 3 is 2.47 bits per heavy atom. The van der Waals surface area contributed by atoms with E-state index >= 15 is 0 Å².